The lowest BCUT2D eigenvalue weighted by atomic mass is 9.86. The summed E-state index contributed by atoms with van der Waals surface area (Å²) < 4.78 is 76.9. The molecular weight excluding hydrogens is 460 g/mol. The fraction of sp³-hybridized carbons (Fsp3) is 0.429. The molecule has 0 atom stereocenters. The Balaban J connectivity index is 1.51. The number of carbonyl (C=O) groups is 1. The summed E-state index contributed by atoms with van der Waals surface area (Å²) >= 11 is 5.91. The summed E-state index contributed by atoms with van der Waals surface area (Å²) in [5.74, 6) is -0.373. The van der Waals surface area contributed by atoms with Crippen LogP contribution in [0.25, 0.3) is 0 Å². The number of rotatable bonds is 5. The van der Waals surface area contributed by atoms with Crippen molar-refractivity contribution in [3.63, 3.8) is 0 Å². The molecule has 3 rings (SSSR count). The molecule has 2 aromatic rings. The van der Waals surface area contributed by atoms with Gasteiger partial charge >= 0.3 is 12.4 Å². The number of anilines is 1. The topological polar surface area (TPSA) is 54.0 Å². The maximum atomic E-state index is 12.9. The van der Waals surface area contributed by atoms with Crippen LogP contribution in [0.2, 0.25) is 5.02 Å². The van der Waals surface area contributed by atoms with E-state index in [1.54, 1.807) is 0 Å². The van der Waals surface area contributed by atoms with Gasteiger partial charge in [-0.05, 0) is 61.9 Å². The fourth-order valence-electron chi connectivity index (χ4n) is 3.59. The number of alkyl halides is 6. The van der Waals surface area contributed by atoms with Crippen LogP contribution in [0.5, 0.6) is 0 Å². The second-order valence-electron chi connectivity index (χ2n) is 7.67. The standard InChI is InChI=1S/C21H20ClF6N3O/c22-16-9-6-13(20(23,24)25)10-15(16)19(32)30-14-7-4-12(5-8-14)11-29-18-3-1-2-17(31-18)21(26,27)28/h1-3,6,9-10,12,14H,4-5,7-8,11H2,(H,29,31)(H,30,32)/t12-,14-. The van der Waals surface area contributed by atoms with Gasteiger partial charge in [0.2, 0.25) is 0 Å². The lowest BCUT2D eigenvalue weighted by molar-refractivity contribution is -0.141. The van der Waals surface area contributed by atoms with Crippen molar-refractivity contribution in [3.05, 3.63) is 58.2 Å². The van der Waals surface area contributed by atoms with Gasteiger partial charge in [0, 0.05) is 12.6 Å². The number of hydrogen-bond acceptors (Lipinski definition) is 3. The first kappa shape index (κ1) is 24.2. The normalized spacial score (nSPS) is 19.5. The van der Waals surface area contributed by atoms with Crippen molar-refractivity contribution in [2.24, 2.45) is 5.92 Å². The summed E-state index contributed by atoms with van der Waals surface area (Å²) in [5, 5.41) is 5.57. The van der Waals surface area contributed by atoms with Crippen LogP contribution in [0.3, 0.4) is 0 Å². The van der Waals surface area contributed by atoms with Crippen molar-refractivity contribution in [3.8, 4) is 0 Å². The second kappa shape index (κ2) is 9.56. The minimum atomic E-state index is -4.58. The first-order valence-corrected chi connectivity index (χ1v) is 10.3. The number of carbonyl (C=O) groups excluding carboxylic acids is 1. The van der Waals surface area contributed by atoms with E-state index in [1.807, 2.05) is 0 Å². The van der Waals surface area contributed by atoms with Crippen LogP contribution in [0, 0.1) is 5.92 Å². The predicted molar refractivity (Wildman–Crippen MR) is 107 cm³/mol. The number of aromatic nitrogens is 1. The Morgan fingerprint density at radius 2 is 1.69 bits per heavy atom. The van der Waals surface area contributed by atoms with Crippen molar-refractivity contribution in [1.82, 2.24) is 10.3 Å². The molecule has 1 amide bonds. The van der Waals surface area contributed by atoms with Gasteiger partial charge in [-0.2, -0.15) is 26.3 Å². The molecule has 174 valence electrons. The number of benzene rings is 1. The molecule has 1 aromatic heterocycles. The Kier molecular flexibility index (Phi) is 7.22. The molecule has 0 bridgehead atoms. The minimum Gasteiger partial charge on any atom is -0.370 e. The molecule has 0 unspecified atom stereocenters. The van der Waals surface area contributed by atoms with E-state index in [0.29, 0.717) is 32.2 Å². The molecule has 0 radical (unpaired) electrons. The summed E-state index contributed by atoms with van der Waals surface area (Å²) in [6.45, 7) is 0.425. The van der Waals surface area contributed by atoms with Gasteiger partial charge in [-0.15, -0.1) is 0 Å². The van der Waals surface area contributed by atoms with Gasteiger partial charge in [0.05, 0.1) is 16.1 Å². The fourth-order valence-corrected chi connectivity index (χ4v) is 3.79. The third-order valence-electron chi connectivity index (χ3n) is 5.33. The molecule has 0 aliphatic heterocycles. The van der Waals surface area contributed by atoms with Gasteiger partial charge in [-0.1, -0.05) is 17.7 Å². The Morgan fingerprint density at radius 1 is 1.00 bits per heavy atom. The van der Waals surface area contributed by atoms with E-state index in [4.69, 9.17) is 11.6 Å². The highest BCUT2D eigenvalue weighted by Crippen LogP contribution is 2.32. The summed E-state index contributed by atoms with van der Waals surface area (Å²) in [5.41, 5.74) is -2.16. The number of halogens is 7. The maximum Gasteiger partial charge on any atom is 0.433 e. The molecule has 1 aliphatic carbocycles. The highest BCUT2D eigenvalue weighted by molar-refractivity contribution is 6.33. The average Bonchev–Trinajstić information content (AvgIpc) is 2.72. The number of pyridine rings is 1. The van der Waals surface area contributed by atoms with Crippen LogP contribution >= 0.6 is 11.6 Å². The highest BCUT2D eigenvalue weighted by atomic mass is 35.5. The van der Waals surface area contributed by atoms with E-state index < -0.39 is 29.5 Å². The van der Waals surface area contributed by atoms with E-state index in [1.165, 1.54) is 12.1 Å². The van der Waals surface area contributed by atoms with Gasteiger partial charge in [-0.25, -0.2) is 4.98 Å². The first-order valence-electron chi connectivity index (χ1n) is 9.89. The predicted octanol–water partition coefficient (Wildman–Crippen LogP) is 6.17. The Bertz CT molecular complexity index is 955. The van der Waals surface area contributed by atoms with Gasteiger partial charge in [0.1, 0.15) is 11.5 Å². The minimum absolute atomic E-state index is 0.0676. The van der Waals surface area contributed by atoms with Crippen LogP contribution in [0.1, 0.15) is 47.3 Å². The Hall–Kier alpha value is -2.49. The molecule has 32 heavy (non-hydrogen) atoms. The Labute approximate surface area is 185 Å². The second-order valence-corrected chi connectivity index (χ2v) is 8.08. The van der Waals surface area contributed by atoms with E-state index in [-0.39, 0.29) is 28.4 Å². The lowest BCUT2D eigenvalue weighted by Gasteiger charge is -2.29. The number of nitrogens with zero attached hydrogens (tertiary/aromatic N) is 1. The molecule has 2 N–H and O–H groups in total. The third-order valence-corrected chi connectivity index (χ3v) is 5.66. The van der Waals surface area contributed by atoms with Crippen LogP contribution in [0.4, 0.5) is 32.2 Å². The summed E-state index contributed by atoms with van der Waals surface area (Å²) in [7, 11) is 0. The SMILES string of the molecule is O=C(N[C@H]1CC[C@H](CNc2cccc(C(F)(F)F)n2)CC1)c1cc(C(F)(F)F)ccc1Cl. The van der Waals surface area contributed by atoms with Crippen LogP contribution in [0.15, 0.2) is 36.4 Å². The smallest absolute Gasteiger partial charge is 0.370 e. The summed E-state index contributed by atoms with van der Waals surface area (Å²) in [4.78, 5) is 16.0. The molecular formula is C21H20ClF6N3O. The molecule has 0 saturated heterocycles. The van der Waals surface area contributed by atoms with Crippen LogP contribution in [-0.4, -0.2) is 23.5 Å². The lowest BCUT2D eigenvalue weighted by Crippen LogP contribution is -2.38. The number of amides is 1. The monoisotopic (exact) mass is 479 g/mol. The largest absolute Gasteiger partial charge is 0.433 e. The zero-order valence-electron chi connectivity index (χ0n) is 16.7. The molecule has 1 aromatic carbocycles. The molecule has 4 nitrogen and oxygen atoms in total. The van der Waals surface area contributed by atoms with Crippen molar-refractivity contribution in [2.75, 3.05) is 11.9 Å². The van der Waals surface area contributed by atoms with Gasteiger partial charge in [0.25, 0.3) is 5.91 Å². The summed E-state index contributed by atoms with van der Waals surface area (Å²) in [6.07, 6.45) is -6.55. The quantitative estimate of drug-likeness (QED) is 0.504. The molecule has 0 spiro atoms. The van der Waals surface area contributed by atoms with Crippen molar-refractivity contribution < 1.29 is 31.1 Å². The third kappa shape index (κ3) is 6.27. The molecule has 1 heterocycles. The van der Waals surface area contributed by atoms with Crippen LogP contribution in [-0.2, 0) is 12.4 Å². The zero-order chi connectivity index (χ0) is 23.5. The molecule has 1 saturated carbocycles. The number of nitrogens with one attached hydrogen (secondary N) is 2. The molecule has 1 aliphatic rings. The number of hydrogen-bond donors (Lipinski definition) is 2. The van der Waals surface area contributed by atoms with Crippen molar-refractivity contribution >= 4 is 23.3 Å². The van der Waals surface area contributed by atoms with Gasteiger partial charge < -0.3 is 10.6 Å². The molecule has 1 fully saturated rings. The van der Waals surface area contributed by atoms with E-state index in [0.717, 1.165) is 24.3 Å². The first-order chi connectivity index (χ1) is 14.9. The molecule has 11 heteroatoms. The van der Waals surface area contributed by atoms with E-state index in [9.17, 15) is 31.1 Å². The Morgan fingerprint density at radius 3 is 2.31 bits per heavy atom. The highest BCUT2D eigenvalue weighted by Gasteiger charge is 2.33. The summed E-state index contributed by atoms with van der Waals surface area (Å²) in [6, 6.07) is 6.00. The van der Waals surface area contributed by atoms with Crippen molar-refractivity contribution in [1.29, 1.82) is 0 Å². The van der Waals surface area contributed by atoms with E-state index in [2.05, 4.69) is 15.6 Å². The zero-order valence-corrected chi connectivity index (χ0v) is 17.4. The average molecular weight is 480 g/mol. The van der Waals surface area contributed by atoms with Gasteiger partial charge in [-0.3, -0.25) is 4.79 Å². The van der Waals surface area contributed by atoms with E-state index >= 15 is 0 Å². The van der Waals surface area contributed by atoms with Gasteiger partial charge in [0.15, 0.2) is 0 Å². The maximum absolute atomic E-state index is 12.9. The van der Waals surface area contributed by atoms with Crippen LogP contribution < -0.4 is 10.6 Å². The van der Waals surface area contributed by atoms with Crippen molar-refractivity contribution in [2.45, 2.75) is 44.1 Å².